The van der Waals surface area contributed by atoms with E-state index >= 15 is 0 Å². The number of ether oxygens (including phenoxy) is 2. The third-order valence-electron chi connectivity index (χ3n) is 6.46. The van der Waals surface area contributed by atoms with Crippen LogP contribution < -0.4 is 9.46 Å². The summed E-state index contributed by atoms with van der Waals surface area (Å²) in [6, 6.07) is 1.79. The van der Waals surface area contributed by atoms with E-state index in [9.17, 15) is 26.4 Å². The van der Waals surface area contributed by atoms with Gasteiger partial charge in [-0.15, -0.1) is 0 Å². The average Bonchev–Trinajstić information content (AvgIpc) is 2.77. The summed E-state index contributed by atoms with van der Waals surface area (Å²) in [6.45, 7) is -0.102. The molecule has 1 saturated heterocycles. The number of carbonyl (C=O) groups excluding carboxylic acids is 1. The van der Waals surface area contributed by atoms with Crippen LogP contribution in [0.4, 0.5) is 13.2 Å². The van der Waals surface area contributed by atoms with Gasteiger partial charge in [0.05, 0.1) is 18.8 Å². The largest absolute Gasteiger partial charge is 0.511 e. The molecule has 1 amide bonds. The third-order valence-corrected chi connectivity index (χ3v) is 7.68. The molecule has 4 heterocycles. The Balaban J connectivity index is 1.60. The van der Waals surface area contributed by atoms with Gasteiger partial charge < -0.3 is 14.4 Å². The number of halogens is 3. The number of rotatable bonds is 2. The van der Waals surface area contributed by atoms with Crippen molar-refractivity contribution in [2.75, 3.05) is 19.8 Å². The zero-order chi connectivity index (χ0) is 22.9. The van der Waals surface area contributed by atoms with Crippen LogP contribution >= 0.6 is 0 Å². The molecule has 178 valence electrons. The molecule has 1 aromatic heterocycles. The molecule has 1 N–H and O–H groups in total. The molecule has 5 rings (SSSR count). The molecular formula is C20H26F3N3O5S. The summed E-state index contributed by atoms with van der Waals surface area (Å²) in [5, 5.41) is 0. The van der Waals surface area contributed by atoms with Crippen LogP contribution in [0.25, 0.3) is 0 Å². The molecule has 1 aliphatic carbocycles. The first-order valence-corrected chi connectivity index (χ1v) is 12.2. The monoisotopic (exact) mass is 477 g/mol. The lowest BCUT2D eigenvalue weighted by molar-refractivity contribution is -0.140. The summed E-state index contributed by atoms with van der Waals surface area (Å²) in [6.07, 6.45) is 5.17. The topological polar surface area (TPSA) is 97.8 Å². The Morgan fingerprint density at radius 1 is 1.16 bits per heavy atom. The predicted molar refractivity (Wildman–Crippen MR) is 107 cm³/mol. The van der Waals surface area contributed by atoms with Crippen molar-refractivity contribution in [3.8, 4) is 5.88 Å². The molecule has 3 aliphatic heterocycles. The second-order valence-electron chi connectivity index (χ2n) is 8.46. The molecule has 12 heteroatoms. The first kappa shape index (κ1) is 23.2. The summed E-state index contributed by atoms with van der Waals surface area (Å²) in [5.74, 6) is 0.161. The van der Waals surface area contributed by atoms with Crippen molar-refractivity contribution in [2.24, 2.45) is 0 Å². The highest BCUT2D eigenvalue weighted by molar-refractivity contribution is 7.90. The fourth-order valence-corrected chi connectivity index (χ4v) is 5.61. The van der Waals surface area contributed by atoms with E-state index in [1.165, 1.54) is 4.90 Å². The highest BCUT2D eigenvalue weighted by atomic mass is 32.2. The van der Waals surface area contributed by atoms with E-state index in [-0.39, 0.29) is 38.2 Å². The first-order chi connectivity index (χ1) is 15.2. The lowest BCUT2D eigenvalue weighted by Crippen LogP contribution is -2.60. The molecule has 32 heavy (non-hydrogen) atoms. The van der Waals surface area contributed by atoms with Crippen molar-refractivity contribution < 1.29 is 35.9 Å². The van der Waals surface area contributed by atoms with E-state index in [2.05, 4.69) is 4.98 Å². The molecule has 1 aromatic rings. The number of nitrogens with zero attached hydrogens (tertiary/aromatic N) is 2. The second kappa shape index (κ2) is 9.14. The van der Waals surface area contributed by atoms with Crippen molar-refractivity contribution in [1.29, 1.82) is 0 Å². The average molecular weight is 478 g/mol. The van der Waals surface area contributed by atoms with Gasteiger partial charge >= 0.3 is 15.5 Å². The predicted octanol–water partition coefficient (Wildman–Crippen LogP) is 2.32. The van der Waals surface area contributed by atoms with Crippen LogP contribution in [0.5, 0.6) is 5.88 Å². The van der Waals surface area contributed by atoms with E-state index in [0.717, 1.165) is 31.2 Å². The van der Waals surface area contributed by atoms with E-state index in [4.69, 9.17) is 9.47 Å². The molecular weight excluding hydrogens is 451 g/mol. The number of carbonyl (C=O) groups is 1. The van der Waals surface area contributed by atoms with Crippen molar-refractivity contribution in [3.63, 3.8) is 0 Å². The SMILES string of the molecule is O=C1COc2ncccc2[C@H]2CC[C@H](CC2)OC[C@H]2[C@@H](NS(=O)(=O)C(F)(F)F)CCCN12. The minimum Gasteiger partial charge on any atom is -0.467 e. The van der Waals surface area contributed by atoms with Gasteiger partial charge in [-0.2, -0.15) is 13.2 Å². The smallest absolute Gasteiger partial charge is 0.467 e. The third kappa shape index (κ3) is 4.86. The number of sulfonamides is 1. The summed E-state index contributed by atoms with van der Waals surface area (Å²) in [5.41, 5.74) is -4.50. The maximum absolute atomic E-state index is 13.0. The van der Waals surface area contributed by atoms with E-state index in [0.29, 0.717) is 12.3 Å². The van der Waals surface area contributed by atoms with Crippen LogP contribution in [-0.4, -0.2) is 67.7 Å². The van der Waals surface area contributed by atoms with Crippen LogP contribution in [0.15, 0.2) is 18.3 Å². The van der Waals surface area contributed by atoms with Crippen LogP contribution in [0.1, 0.15) is 50.0 Å². The van der Waals surface area contributed by atoms with Crippen LogP contribution in [0, 0.1) is 0 Å². The molecule has 1 saturated carbocycles. The maximum Gasteiger partial charge on any atom is 0.511 e. The number of pyridine rings is 1. The summed E-state index contributed by atoms with van der Waals surface area (Å²) >= 11 is 0. The second-order valence-corrected chi connectivity index (χ2v) is 10.2. The molecule has 0 radical (unpaired) electrons. The van der Waals surface area contributed by atoms with Crippen LogP contribution in [-0.2, 0) is 19.6 Å². The quantitative estimate of drug-likeness (QED) is 0.702. The van der Waals surface area contributed by atoms with E-state index < -0.39 is 33.5 Å². The van der Waals surface area contributed by atoms with Gasteiger partial charge in [0.25, 0.3) is 5.91 Å². The van der Waals surface area contributed by atoms with Crippen LogP contribution in [0.2, 0.25) is 0 Å². The molecule has 2 bridgehead atoms. The summed E-state index contributed by atoms with van der Waals surface area (Å²) < 4.78 is 75.9. The van der Waals surface area contributed by atoms with Crippen molar-refractivity contribution in [3.05, 3.63) is 23.9 Å². The van der Waals surface area contributed by atoms with E-state index in [1.807, 2.05) is 12.1 Å². The van der Waals surface area contributed by atoms with Gasteiger partial charge in [0.2, 0.25) is 5.88 Å². The lowest BCUT2D eigenvalue weighted by atomic mass is 9.83. The minimum absolute atomic E-state index is 0.0443. The minimum atomic E-state index is -5.56. The van der Waals surface area contributed by atoms with Gasteiger partial charge in [-0.05, 0) is 50.5 Å². The molecule has 0 aromatic carbocycles. The Bertz CT molecular complexity index is 935. The molecule has 0 unspecified atom stereocenters. The number of hydrogen-bond donors (Lipinski definition) is 1. The van der Waals surface area contributed by atoms with Gasteiger partial charge in [0.1, 0.15) is 0 Å². The number of piperidine rings is 1. The fraction of sp³-hybridized carbons (Fsp3) is 0.700. The Hall–Kier alpha value is -1.92. The Morgan fingerprint density at radius 3 is 2.62 bits per heavy atom. The molecule has 0 spiro atoms. The Labute approximate surface area is 184 Å². The number of fused-ring (bicyclic) bond motifs is 5. The number of alkyl halides is 3. The molecule has 2 atom stereocenters. The molecule has 2 fully saturated rings. The van der Waals surface area contributed by atoms with Gasteiger partial charge in [0.15, 0.2) is 6.61 Å². The number of nitrogens with one attached hydrogen (secondary N) is 1. The van der Waals surface area contributed by atoms with E-state index in [1.54, 1.807) is 10.9 Å². The Morgan fingerprint density at radius 2 is 1.91 bits per heavy atom. The van der Waals surface area contributed by atoms with Crippen molar-refractivity contribution >= 4 is 15.9 Å². The number of amides is 1. The normalized spacial score (nSPS) is 29.7. The highest BCUT2D eigenvalue weighted by Crippen LogP contribution is 2.38. The van der Waals surface area contributed by atoms with Crippen LogP contribution in [0.3, 0.4) is 0 Å². The Kier molecular flexibility index (Phi) is 6.64. The molecule has 4 aliphatic rings. The van der Waals surface area contributed by atoms with Gasteiger partial charge in [-0.3, -0.25) is 4.79 Å². The number of hydrogen-bond acceptors (Lipinski definition) is 6. The van der Waals surface area contributed by atoms with Gasteiger partial charge in [-0.1, -0.05) is 6.07 Å². The summed E-state index contributed by atoms with van der Waals surface area (Å²) in [7, 11) is -5.56. The van der Waals surface area contributed by atoms with Gasteiger partial charge in [-0.25, -0.2) is 18.1 Å². The maximum atomic E-state index is 13.0. The van der Waals surface area contributed by atoms with Gasteiger partial charge in [0, 0.05) is 24.3 Å². The van der Waals surface area contributed by atoms with Crippen molar-refractivity contribution in [1.82, 2.24) is 14.6 Å². The molecule has 8 nitrogen and oxygen atoms in total. The fourth-order valence-electron chi connectivity index (χ4n) is 4.80. The van der Waals surface area contributed by atoms with Crippen molar-refractivity contribution in [2.45, 2.75) is 68.1 Å². The zero-order valence-electron chi connectivity index (χ0n) is 17.4. The first-order valence-electron chi connectivity index (χ1n) is 10.7. The number of aromatic nitrogens is 1. The standard InChI is InChI=1S/C20H26F3N3O5S/c21-20(22,23)32(28,29)25-16-4-2-10-26-17(16)11-30-14-7-5-13(6-8-14)15-3-1-9-24-19(15)31-12-18(26)27/h1,3,9,13-14,16-17,25H,2,4-8,10-12H2/t13-,14+,16-,17-/m0/s1. The highest BCUT2D eigenvalue weighted by Gasteiger charge is 2.49. The zero-order valence-corrected chi connectivity index (χ0v) is 18.2. The lowest BCUT2D eigenvalue weighted by Gasteiger charge is -2.42. The summed E-state index contributed by atoms with van der Waals surface area (Å²) in [4.78, 5) is 18.6.